The molecule has 0 saturated carbocycles. The molecule has 1 saturated heterocycles. The first-order valence-electron chi connectivity index (χ1n) is 8.59. The number of hydrogen-bond donors (Lipinski definition) is 0. The topological polar surface area (TPSA) is 12.5 Å². The lowest BCUT2D eigenvalue weighted by molar-refractivity contribution is 0.0688. The number of fused-ring (bicyclic) bond motifs is 2. The number of methoxy groups -OCH3 is 1. The monoisotopic (exact) mass is 327 g/mol. The van der Waals surface area contributed by atoms with Crippen molar-refractivity contribution in [3.63, 3.8) is 0 Å². The number of hydrogen-bond acceptors (Lipinski definition) is 3. The Balaban J connectivity index is 1.53. The third kappa shape index (κ3) is 2.75. The van der Waals surface area contributed by atoms with Crippen molar-refractivity contribution in [3.8, 4) is 0 Å². The SMILES string of the molecule is COC1CC2(CCN(Cc3cccs3)CC2)c2ccc(C)cc21. The van der Waals surface area contributed by atoms with E-state index in [2.05, 4.69) is 47.5 Å². The number of nitrogens with zero attached hydrogens (tertiary/aromatic N) is 1. The van der Waals surface area contributed by atoms with Crippen LogP contribution in [0.5, 0.6) is 0 Å². The zero-order valence-corrected chi connectivity index (χ0v) is 14.9. The van der Waals surface area contributed by atoms with Crippen molar-refractivity contribution in [1.82, 2.24) is 4.90 Å². The van der Waals surface area contributed by atoms with E-state index >= 15 is 0 Å². The number of ether oxygens (including phenoxy) is 1. The van der Waals surface area contributed by atoms with Crippen LogP contribution in [0.25, 0.3) is 0 Å². The summed E-state index contributed by atoms with van der Waals surface area (Å²) in [6, 6.07) is 11.4. The Kier molecular flexibility index (Phi) is 4.04. The molecule has 4 rings (SSSR count). The summed E-state index contributed by atoms with van der Waals surface area (Å²) in [7, 11) is 1.86. The van der Waals surface area contributed by atoms with Crippen LogP contribution in [-0.4, -0.2) is 25.1 Å². The van der Waals surface area contributed by atoms with E-state index in [1.165, 1.54) is 41.9 Å². The minimum Gasteiger partial charge on any atom is -0.377 e. The first-order valence-corrected chi connectivity index (χ1v) is 9.47. The van der Waals surface area contributed by atoms with E-state index < -0.39 is 0 Å². The van der Waals surface area contributed by atoms with Gasteiger partial charge in [0.1, 0.15) is 0 Å². The number of benzene rings is 1. The number of aryl methyl sites for hydroxylation is 1. The minimum absolute atomic E-state index is 0.286. The first-order chi connectivity index (χ1) is 11.2. The average molecular weight is 327 g/mol. The summed E-state index contributed by atoms with van der Waals surface area (Å²) in [5.41, 5.74) is 4.69. The fourth-order valence-electron chi connectivity index (χ4n) is 4.45. The zero-order valence-electron chi connectivity index (χ0n) is 14.0. The molecule has 0 bridgehead atoms. The molecule has 2 aliphatic rings. The number of rotatable bonds is 3. The predicted octanol–water partition coefficient (Wildman–Crippen LogP) is 4.68. The Bertz CT molecular complexity index is 671. The molecule has 3 heteroatoms. The fourth-order valence-corrected chi connectivity index (χ4v) is 5.20. The zero-order chi connectivity index (χ0) is 15.9. The summed E-state index contributed by atoms with van der Waals surface area (Å²) < 4.78 is 5.82. The van der Waals surface area contributed by atoms with Crippen molar-refractivity contribution in [2.75, 3.05) is 20.2 Å². The molecule has 0 amide bonds. The molecule has 23 heavy (non-hydrogen) atoms. The van der Waals surface area contributed by atoms with Gasteiger partial charge in [-0.3, -0.25) is 4.90 Å². The molecular weight excluding hydrogens is 302 g/mol. The molecule has 1 spiro atoms. The van der Waals surface area contributed by atoms with Crippen molar-refractivity contribution in [2.24, 2.45) is 0 Å². The largest absolute Gasteiger partial charge is 0.377 e. The molecule has 2 aromatic rings. The molecule has 122 valence electrons. The molecule has 2 heterocycles. The van der Waals surface area contributed by atoms with Crippen LogP contribution in [0.1, 0.15) is 46.9 Å². The highest BCUT2D eigenvalue weighted by atomic mass is 32.1. The molecule has 1 unspecified atom stereocenters. The van der Waals surface area contributed by atoms with Crippen LogP contribution in [0, 0.1) is 6.92 Å². The summed E-state index contributed by atoms with van der Waals surface area (Å²) in [4.78, 5) is 4.10. The van der Waals surface area contributed by atoms with Gasteiger partial charge in [-0.2, -0.15) is 0 Å². The van der Waals surface area contributed by atoms with Crippen molar-refractivity contribution < 1.29 is 4.74 Å². The van der Waals surface area contributed by atoms with E-state index in [1.54, 1.807) is 5.56 Å². The molecule has 1 aliphatic heterocycles. The highest BCUT2D eigenvalue weighted by Gasteiger charge is 2.45. The van der Waals surface area contributed by atoms with E-state index in [9.17, 15) is 0 Å². The molecule has 2 nitrogen and oxygen atoms in total. The molecule has 1 aromatic carbocycles. The van der Waals surface area contributed by atoms with Gasteiger partial charge in [0.2, 0.25) is 0 Å². The standard InChI is InChI=1S/C20H25NOS/c1-15-5-6-18-17(12-15)19(22-2)13-20(18)7-9-21(10-8-20)14-16-4-3-11-23-16/h3-6,11-12,19H,7-10,13-14H2,1-2H3. The van der Waals surface area contributed by atoms with Gasteiger partial charge >= 0.3 is 0 Å². The van der Waals surface area contributed by atoms with Gasteiger partial charge in [0.25, 0.3) is 0 Å². The summed E-state index contributed by atoms with van der Waals surface area (Å²) in [5.74, 6) is 0. The summed E-state index contributed by atoms with van der Waals surface area (Å²) in [6.45, 7) is 5.69. The minimum atomic E-state index is 0.286. The van der Waals surface area contributed by atoms with Gasteiger partial charge in [0.05, 0.1) is 6.10 Å². The maximum Gasteiger partial charge on any atom is 0.0832 e. The molecule has 1 atom stereocenters. The van der Waals surface area contributed by atoms with Gasteiger partial charge < -0.3 is 4.74 Å². The van der Waals surface area contributed by atoms with Crippen LogP contribution in [0.4, 0.5) is 0 Å². The second kappa shape index (κ2) is 6.04. The molecule has 1 fully saturated rings. The normalized spacial score (nSPS) is 23.3. The molecule has 0 radical (unpaired) electrons. The van der Waals surface area contributed by atoms with Gasteiger partial charge in [-0.05, 0) is 61.8 Å². The maximum absolute atomic E-state index is 5.82. The Morgan fingerprint density at radius 1 is 1.26 bits per heavy atom. The number of likely N-dealkylation sites (tertiary alicyclic amines) is 1. The van der Waals surface area contributed by atoms with Crippen LogP contribution in [-0.2, 0) is 16.7 Å². The van der Waals surface area contributed by atoms with Crippen LogP contribution < -0.4 is 0 Å². The van der Waals surface area contributed by atoms with Crippen LogP contribution in [0.15, 0.2) is 35.7 Å². The summed E-state index contributed by atoms with van der Waals surface area (Å²) in [5, 5.41) is 2.18. The lowest BCUT2D eigenvalue weighted by Gasteiger charge is -2.40. The van der Waals surface area contributed by atoms with E-state index in [0.717, 1.165) is 13.0 Å². The Morgan fingerprint density at radius 3 is 2.78 bits per heavy atom. The van der Waals surface area contributed by atoms with Crippen molar-refractivity contribution in [3.05, 3.63) is 57.3 Å². The lowest BCUT2D eigenvalue weighted by atomic mass is 9.73. The Morgan fingerprint density at radius 2 is 2.09 bits per heavy atom. The first kappa shape index (κ1) is 15.4. The van der Waals surface area contributed by atoms with Gasteiger partial charge in [-0.1, -0.05) is 29.8 Å². The quantitative estimate of drug-likeness (QED) is 0.811. The predicted molar refractivity (Wildman–Crippen MR) is 96.1 cm³/mol. The second-order valence-electron chi connectivity index (χ2n) is 7.16. The molecule has 0 N–H and O–H groups in total. The van der Waals surface area contributed by atoms with Crippen LogP contribution in [0.2, 0.25) is 0 Å². The summed E-state index contributed by atoms with van der Waals surface area (Å²) >= 11 is 1.87. The van der Waals surface area contributed by atoms with Gasteiger partial charge in [0, 0.05) is 23.9 Å². The lowest BCUT2D eigenvalue weighted by Crippen LogP contribution is -2.41. The number of piperidine rings is 1. The molecular formula is C20H25NOS. The Hall–Kier alpha value is -1.16. The smallest absolute Gasteiger partial charge is 0.0832 e. The summed E-state index contributed by atoms with van der Waals surface area (Å²) in [6.07, 6.45) is 3.96. The van der Waals surface area contributed by atoms with Gasteiger partial charge in [0.15, 0.2) is 0 Å². The highest BCUT2D eigenvalue weighted by Crippen LogP contribution is 2.52. The van der Waals surface area contributed by atoms with Crippen LogP contribution >= 0.6 is 11.3 Å². The molecule has 1 aromatic heterocycles. The second-order valence-corrected chi connectivity index (χ2v) is 8.19. The van der Waals surface area contributed by atoms with Crippen molar-refractivity contribution in [2.45, 2.75) is 44.2 Å². The van der Waals surface area contributed by atoms with Crippen LogP contribution in [0.3, 0.4) is 0 Å². The maximum atomic E-state index is 5.82. The fraction of sp³-hybridized carbons (Fsp3) is 0.500. The van der Waals surface area contributed by atoms with E-state index in [0.29, 0.717) is 5.41 Å². The van der Waals surface area contributed by atoms with Crippen molar-refractivity contribution >= 4 is 11.3 Å². The van der Waals surface area contributed by atoms with Gasteiger partial charge in [-0.25, -0.2) is 0 Å². The molecule has 1 aliphatic carbocycles. The highest BCUT2D eigenvalue weighted by molar-refractivity contribution is 7.09. The number of thiophene rings is 1. The van der Waals surface area contributed by atoms with E-state index in [1.807, 2.05) is 18.4 Å². The third-order valence-electron chi connectivity index (χ3n) is 5.76. The Labute approximate surface area is 143 Å². The van der Waals surface area contributed by atoms with Gasteiger partial charge in [-0.15, -0.1) is 11.3 Å². The van der Waals surface area contributed by atoms with E-state index in [4.69, 9.17) is 4.74 Å². The van der Waals surface area contributed by atoms with E-state index in [-0.39, 0.29) is 6.10 Å². The third-order valence-corrected chi connectivity index (χ3v) is 6.62. The van der Waals surface area contributed by atoms with Crippen molar-refractivity contribution in [1.29, 1.82) is 0 Å². The average Bonchev–Trinajstić information content (AvgIpc) is 3.16.